The summed E-state index contributed by atoms with van der Waals surface area (Å²) in [6.45, 7) is 1.10. The highest BCUT2D eigenvalue weighted by atomic mass is 16.5. The molecule has 1 fully saturated rings. The predicted octanol–water partition coefficient (Wildman–Crippen LogP) is 2.66. The number of methoxy groups -OCH3 is 1. The lowest BCUT2D eigenvalue weighted by Gasteiger charge is -2.16. The number of ether oxygens (including phenoxy) is 1. The molecular formula is C19H18N4O3. The van der Waals surface area contributed by atoms with Crippen LogP contribution in [0.5, 0.6) is 5.75 Å². The minimum Gasteiger partial charge on any atom is -0.497 e. The van der Waals surface area contributed by atoms with Crippen LogP contribution in [0, 0.1) is 0 Å². The van der Waals surface area contributed by atoms with Crippen LogP contribution in [0.4, 0.5) is 0 Å². The topological polar surface area (TPSA) is 81.3 Å². The smallest absolute Gasteiger partial charge is 0.232 e. The van der Waals surface area contributed by atoms with Crippen molar-refractivity contribution in [2.45, 2.75) is 18.9 Å². The van der Waals surface area contributed by atoms with Crippen LogP contribution >= 0.6 is 0 Å². The first kappa shape index (κ1) is 16.3. The van der Waals surface area contributed by atoms with E-state index >= 15 is 0 Å². The van der Waals surface area contributed by atoms with Gasteiger partial charge in [0.15, 0.2) is 0 Å². The highest BCUT2D eigenvalue weighted by Crippen LogP contribution is 2.29. The zero-order chi connectivity index (χ0) is 17.9. The van der Waals surface area contributed by atoms with Crippen LogP contribution < -0.4 is 4.74 Å². The lowest BCUT2D eigenvalue weighted by atomic mass is 10.1. The van der Waals surface area contributed by atoms with Gasteiger partial charge in [0, 0.05) is 37.5 Å². The number of hydrogen-bond acceptors (Lipinski definition) is 6. The Morgan fingerprint density at radius 2 is 2.12 bits per heavy atom. The van der Waals surface area contributed by atoms with Crippen molar-refractivity contribution in [2.75, 3.05) is 13.7 Å². The lowest BCUT2D eigenvalue weighted by molar-refractivity contribution is -0.128. The molecule has 7 heteroatoms. The molecule has 0 bridgehead atoms. The highest BCUT2D eigenvalue weighted by molar-refractivity contribution is 5.79. The Hall–Kier alpha value is -3.22. The van der Waals surface area contributed by atoms with Gasteiger partial charge in [-0.05, 0) is 29.8 Å². The van der Waals surface area contributed by atoms with Gasteiger partial charge in [-0.2, -0.15) is 4.98 Å². The molecule has 4 rings (SSSR count). The minimum atomic E-state index is -0.0869. The van der Waals surface area contributed by atoms with Crippen LogP contribution in [-0.2, 0) is 11.3 Å². The Kier molecular flexibility index (Phi) is 4.35. The maximum atomic E-state index is 12.4. The van der Waals surface area contributed by atoms with E-state index < -0.39 is 0 Å². The molecule has 3 aromatic rings. The lowest BCUT2D eigenvalue weighted by Crippen LogP contribution is -2.24. The van der Waals surface area contributed by atoms with Gasteiger partial charge in [-0.25, -0.2) is 0 Å². The molecular weight excluding hydrogens is 332 g/mol. The van der Waals surface area contributed by atoms with Crippen molar-refractivity contribution in [2.24, 2.45) is 0 Å². The third kappa shape index (κ3) is 3.28. The number of likely N-dealkylation sites (tertiary alicyclic amines) is 1. The molecule has 3 heterocycles. The molecule has 0 N–H and O–H groups in total. The first-order valence-corrected chi connectivity index (χ1v) is 8.37. The molecule has 132 valence electrons. The van der Waals surface area contributed by atoms with Crippen molar-refractivity contribution in [3.05, 3.63) is 60.2 Å². The van der Waals surface area contributed by atoms with Crippen LogP contribution in [-0.4, -0.2) is 39.6 Å². The highest BCUT2D eigenvalue weighted by Gasteiger charge is 2.34. The van der Waals surface area contributed by atoms with E-state index in [0.717, 1.165) is 16.9 Å². The van der Waals surface area contributed by atoms with E-state index in [-0.39, 0.29) is 11.8 Å². The summed E-state index contributed by atoms with van der Waals surface area (Å²) >= 11 is 0. The van der Waals surface area contributed by atoms with Gasteiger partial charge in [-0.15, -0.1) is 0 Å². The number of pyridine rings is 1. The molecule has 0 radical (unpaired) electrons. The second-order valence-electron chi connectivity index (χ2n) is 6.22. The van der Waals surface area contributed by atoms with Crippen LogP contribution in [0.15, 0.2) is 53.3 Å². The molecule has 0 saturated carbocycles. The van der Waals surface area contributed by atoms with Crippen molar-refractivity contribution in [1.82, 2.24) is 20.0 Å². The normalized spacial score (nSPS) is 16.9. The molecule has 26 heavy (non-hydrogen) atoms. The van der Waals surface area contributed by atoms with Gasteiger partial charge in [0.2, 0.25) is 17.6 Å². The average molecular weight is 350 g/mol. The Morgan fingerprint density at radius 3 is 2.92 bits per heavy atom. The molecule has 0 aliphatic carbocycles. The number of benzene rings is 1. The van der Waals surface area contributed by atoms with Crippen molar-refractivity contribution in [1.29, 1.82) is 0 Å². The predicted molar refractivity (Wildman–Crippen MR) is 93.3 cm³/mol. The van der Waals surface area contributed by atoms with Gasteiger partial charge < -0.3 is 14.2 Å². The number of carbonyl (C=O) groups excluding carboxylic acids is 1. The fourth-order valence-corrected chi connectivity index (χ4v) is 3.10. The number of carbonyl (C=O) groups is 1. The molecule has 1 amide bonds. The number of aromatic nitrogens is 3. The summed E-state index contributed by atoms with van der Waals surface area (Å²) < 4.78 is 10.6. The van der Waals surface area contributed by atoms with E-state index in [4.69, 9.17) is 9.26 Å². The second kappa shape index (κ2) is 6.95. The molecule has 1 aliphatic rings. The number of amides is 1. The number of nitrogens with zero attached hydrogens (tertiary/aromatic N) is 4. The largest absolute Gasteiger partial charge is 0.497 e. The molecule has 7 nitrogen and oxygen atoms in total. The first-order valence-electron chi connectivity index (χ1n) is 8.37. The fraction of sp³-hybridized carbons (Fsp3) is 0.263. The summed E-state index contributed by atoms with van der Waals surface area (Å²) in [4.78, 5) is 22.6. The summed E-state index contributed by atoms with van der Waals surface area (Å²) in [7, 11) is 1.63. The Morgan fingerprint density at radius 1 is 1.27 bits per heavy atom. The average Bonchev–Trinajstić information content (AvgIpc) is 3.30. The summed E-state index contributed by atoms with van der Waals surface area (Å²) in [6.07, 6.45) is 3.74. The van der Waals surface area contributed by atoms with E-state index in [1.54, 1.807) is 19.5 Å². The van der Waals surface area contributed by atoms with Crippen molar-refractivity contribution >= 4 is 5.91 Å². The van der Waals surface area contributed by atoms with E-state index in [1.807, 2.05) is 41.3 Å². The third-order valence-electron chi connectivity index (χ3n) is 4.45. The van der Waals surface area contributed by atoms with Gasteiger partial charge in [0.1, 0.15) is 5.75 Å². The molecule has 1 unspecified atom stereocenters. The molecule has 1 saturated heterocycles. The Labute approximate surface area is 150 Å². The van der Waals surface area contributed by atoms with Crippen LogP contribution in [0.3, 0.4) is 0 Å². The quantitative estimate of drug-likeness (QED) is 0.704. The molecule has 1 aliphatic heterocycles. The van der Waals surface area contributed by atoms with E-state index in [0.29, 0.717) is 31.2 Å². The maximum absolute atomic E-state index is 12.4. The molecule has 2 aromatic heterocycles. The van der Waals surface area contributed by atoms with Gasteiger partial charge in [0.05, 0.1) is 13.0 Å². The van der Waals surface area contributed by atoms with Gasteiger partial charge in [-0.3, -0.25) is 9.78 Å². The summed E-state index contributed by atoms with van der Waals surface area (Å²) in [6, 6.07) is 11.4. The summed E-state index contributed by atoms with van der Waals surface area (Å²) in [5.41, 5.74) is 1.87. The maximum Gasteiger partial charge on any atom is 0.232 e. The van der Waals surface area contributed by atoms with Crippen molar-refractivity contribution in [3.63, 3.8) is 0 Å². The Bertz CT molecular complexity index is 910. The second-order valence-corrected chi connectivity index (χ2v) is 6.22. The molecule has 1 atom stereocenters. The number of hydrogen-bond donors (Lipinski definition) is 0. The zero-order valence-electron chi connectivity index (χ0n) is 14.3. The third-order valence-corrected chi connectivity index (χ3v) is 4.45. The van der Waals surface area contributed by atoms with E-state index in [1.165, 1.54) is 0 Å². The first-order chi connectivity index (χ1) is 12.7. The van der Waals surface area contributed by atoms with Gasteiger partial charge in [0.25, 0.3) is 0 Å². The van der Waals surface area contributed by atoms with Crippen LogP contribution in [0.25, 0.3) is 11.4 Å². The van der Waals surface area contributed by atoms with E-state index in [2.05, 4.69) is 15.1 Å². The minimum absolute atomic E-state index is 0.0847. The van der Waals surface area contributed by atoms with Gasteiger partial charge >= 0.3 is 0 Å². The standard InChI is InChI=1S/C19H18N4O3/c1-25-16-4-2-3-13(9-16)11-23-12-15(10-17(23)24)19-21-18(22-26-19)14-5-7-20-8-6-14/h2-9,15H,10-12H2,1H3. The monoisotopic (exact) mass is 350 g/mol. The van der Waals surface area contributed by atoms with E-state index in [9.17, 15) is 4.79 Å². The van der Waals surface area contributed by atoms with Gasteiger partial charge in [-0.1, -0.05) is 17.3 Å². The van der Waals surface area contributed by atoms with Crippen LogP contribution in [0.2, 0.25) is 0 Å². The summed E-state index contributed by atoms with van der Waals surface area (Å²) in [5.74, 6) is 1.79. The molecule has 1 aromatic carbocycles. The van der Waals surface area contributed by atoms with Crippen molar-refractivity contribution < 1.29 is 14.1 Å². The SMILES string of the molecule is COc1cccc(CN2CC(c3nc(-c4ccncc4)no3)CC2=O)c1. The van der Waals surface area contributed by atoms with Crippen molar-refractivity contribution in [3.8, 4) is 17.1 Å². The molecule has 0 spiro atoms. The zero-order valence-corrected chi connectivity index (χ0v) is 14.3. The van der Waals surface area contributed by atoms with Crippen LogP contribution in [0.1, 0.15) is 23.8 Å². The summed E-state index contributed by atoms with van der Waals surface area (Å²) in [5, 5.41) is 4.03. The number of rotatable bonds is 5. The fourth-order valence-electron chi connectivity index (χ4n) is 3.10. The Balaban J connectivity index is 1.47.